The van der Waals surface area contributed by atoms with Gasteiger partial charge in [0.15, 0.2) is 5.78 Å². The predicted molar refractivity (Wildman–Crippen MR) is 231 cm³/mol. The van der Waals surface area contributed by atoms with E-state index in [1.165, 1.54) is 30.5 Å². The Balaban J connectivity index is 1.10. The van der Waals surface area contributed by atoms with E-state index < -0.39 is 34.9 Å². The van der Waals surface area contributed by atoms with E-state index >= 15 is 0 Å². The lowest BCUT2D eigenvalue weighted by molar-refractivity contribution is -0.144. The zero-order valence-corrected chi connectivity index (χ0v) is 36.6. The minimum atomic E-state index is -0.853. The zero-order valence-electron chi connectivity index (χ0n) is 36.6. The molecule has 312 valence electrons. The van der Waals surface area contributed by atoms with Gasteiger partial charge in [0.1, 0.15) is 6.04 Å². The van der Waals surface area contributed by atoms with Crippen LogP contribution in [0.3, 0.4) is 0 Å². The number of amides is 1. The number of aliphatic hydroxyl groups excluding tert-OH is 2. The number of aliphatic hydroxyl groups is 2. The normalized spacial score (nSPS) is 37.3. The van der Waals surface area contributed by atoms with Crippen LogP contribution in [0, 0.1) is 28.6 Å². The Bertz CT molecular complexity index is 2220. The molecule has 9 unspecified atom stereocenters. The van der Waals surface area contributed by atoms with Crippen molar-refractivity contribution >= 4 is 28.2 Å². The van der Waals surface area contributed by atoms with E-state index in [1.807, 2.05) is 26.0 Å². The van der Waals surface area contributed by atoms with Gasteiger partial charge in [-0.1, -0.05) is 57.6 Å². The number of piperidine rings is 1. The number of carbonyl (C=O) groups is 2. The molecule has 1 amide bonds. The molecule has 1 saturated heterocycles. The van der Waals surface area contributed by atoms with Gasteiger partial charge >= 0.3 is 0 Å². The van der Waals surface area contributed by atoms with E-state index in [0.717, 1.165) is 78.5 Å². The summed E-state index contributed by atoms with van der Waals surface area (Å²) in [6.45, 7) is 27.5. The number of rotatable bonds is 7. The summed E-state index contributed by atoms with van der Waals surface area (Å²) in [7, 11) is 0. The van der Waals surface area contributed by atoms with E-state index in [-0.39, 0.29) is 34.4 Å². The molecule has 8 heteroatoms. The standard InChI is InChI=1S/C50H67N3O5/c1-28(2)40-43(56)38-37-31(34-27-46(4,5)58-47(6,7)39(34)42(37)55)26-32-33-25-30-16-17-35-48(8,19-14-15-29(3)45(57)51-21-24-52-22-12-11-13-23-52)36(54)18-20-49(35,9)50(30,10)44(33)53(40)41(32)38/h14-15,19,26-27,30,35-36,39-40,42,54-55H,1,11-13,16-18,20-25H2,2-10H3,(H,51,57)/b19-14+,29-15+. The number of nitrogens with zero attached hydrogens (tertiary/aromatic N) is 2. The number of nitrogens with one attached hydrogen (secondary N) is 1. The molecular formula is C50H67N3O5. The van der Waals surface area contributed by atoms with Crippen LogP contribution in [0.4, 0.5) is 0 Å². The van der Waals surface area contributed by atoms with E-state index in [1.54, 1.807) is 0 Å². The lowest BCUT2D eigenvalue weighted by atomic mass is 9.40. The van der Waals surface area contributed by atoms with Crippen LogP contribution in [0.2, 0.25) is 0 Å². The Labute approximate surface area is 345 Å². The van der Waals surface area contributed by atoms with E-state index in [2.05, 4.69) is 88.0 Å². The highest BCUT2D eigenvalue weighted by Crippen LogP contribution is 2.71. The molecule has 2 saturated carbocycles. The maximum atomic E-state index is 15.0. The van der Waals surface area contributed by atoms with Crippen molar-refractivity contribution in [3.8, 4) is 0 Å². The third kappa shape index (κ3) is 5.45. The number of carbonyl (C=O) groups excluding carboxylic acids is 2. The highest BCUT2D eigenvalue weighted by atomic mass is 16.5. The average molecular weight is 790 g/mol. The van der Waals surface area contributed by atoms with Crippen molar-refractivity contribution in [1.29, 1.82) is 0 Å². The van der Waals surface area contributed by atoms with Gasteiger partial charge in [0.05, 0.1) is 34.5 Å². The van der Waals surface area contributed by atoms with Gasteiger partial charge in [0.25, 0.3) is 0 Å². The quantitative estimate of drug-likeness (QED) is 0.147. The first-order valence-electron chi connectivity index (χ1n) is 22.4. The summed E-state index contributed by atoms with van der Waals surface area (Å²) in [5.41, 5.74) is 6.50. The lowest BCUT2D eigenvalue weighted by Crippen LogP contribution is -2.62. The van der Waals surface area contributed by atoms with Crippen LogP contribution >= 0.6 is 0 Å². The SMILES string of the molecule is C=C(C)C1C(=O)c2c3c(cc4c5c(n1c24)C1(C)C(CCC2C(C)(/C=C/C=C(\C)C(=O)NCCN4CCCCC4)C(O)CCC21C)C5)C1=CC(C)(C)OC(C)(C)C1C3O. The molecule has 3 aliphatic heterocycles. The van der Waals surface area contributed by atoms with Gasteiger partial charge in [0.2, 0.25) is 5.91 Å². The first-order valence-corrected chi connectivity index (χ1v) is 22.4. The molecule has 7 aliphatic rings. The van der Waals surface area contributed by atoms with Crippen molar-refractivity contribution in [2.75, 3.05) is 26.2 Å². The molecule has 9 rings (SSSR count). The summed E-state index contributed by atoms with van der Waals surface area (Å²) in [5, 5.41) is 28.4. The van der Waals surface area contributed by atoms with Gasteiger partial charge in [-0.15, -0.1) is 0 Å². The highest BCUT2D eigenvalue weighted by Gasteiger charge is 2.68. The second-order valence-corrected chi connectivity index (χ2v) is 21.2. The summed E-state index contributed by atoms with van der Waals surface area (Å²) in [6.07, 6.45) is 15.3. The highest BCUT2D eigenvalue weighted by molar-refractivity contribution is 6.18. The van der Waals surface area contributed by atoms with Crippen molar-refractivity contribution < 1.29 is 24.5 Å². The number of likely N-dealkylation sites (tertiary alicyclic amines) is 1. The molecule has 2 aromatic rings. The van der Waals surface area contributed by atoms with Crippen LogP contribution < -0.4 is 5.32 Å². The number of ketones is 1. The van der Waals surface area contributed by atoms with Gasteiger partial charge in [-0.05, 0) is 146 Å². The Hall–Kier alpha value is -3.30. The van der Waals surface area contributed by atoms with Gasteiger partial charge < -0.3 is 29.7 Å². The van der Waals surface area contributed by atoms with Crippen LogP contribution in [0.15, 0.2) is 48.1 Å². The number of allylic oxidation sites excluding steroid dienone is 3. The Morgan fingerprint density at radius 2 is 1.76 bits per heavy atom. The van der Waals surface area contributed by atoms with Crippen molar-refractivity contribution in [2.24, 2.45) is 28.6 Å². The zero-order chi connectivity index (χ0) is 41.5. The molecule has 1 aromatic carbocycles. The van der Waals surface area contributed by atoms with E-state index in [9.17, 15) is 19.8 Å². The van der Waals surface area contributed by atoms with Crippen molar-refractivity contribution in [3.63, 3.8) is 0 Å². The summed E-state index contributed by atoms with van der Waals surface area (Å²) in [5.74, 6) is 0.295. The number of Topliss-reactive ketones (excluding diaryl/α,β-unsaturated/α-hetero) is 1. The van der Waals surface area contributed by atoms with Crippen molar-refractivity contribution in [2.45, 2.75) is 149 Å². The average Bonchev–Trinajstić information content (AvgIpc) is 3.82. The number of benzene rings is 1. The third-order valence-corrected chi connectivity index (χ3v) is 16.9. The fourth-order valence-corrected chi connectivity index (χ4v) is 14.2. The van der Waals surface area contributed by atoms with Crippen LogP contribution in [0.5, 0.6) is 0 Å². The maximum Gasteiger partial charge on any atom is 0.246 e. The summed E-state index contributed by atoms with van der Waals surface area (Å²) >= 11 is 0. The number of hydrogen-bond donors (Lipinski definition) is 3. The molecule has 4 heterocycles. The van der Waals surface area contributed by atoms with Crippen LogP contribution in [-0.2, 0) is 21.4 Å². The molecule has 4 aliphatic carbocycles. The topological polar surface area (TPSA) is 104 Å². The van der Waals surface area contributed by atoms with Gasteiger partial charge in [0, 0.05) is 52.1 Å². The smallest absolute Gasteiger partial charge is 0.246 e. The molecule has 1 aromatic heterocycles. The molecule has 0 radical (unpaired) electrons. The second kappa shape index (κ2) is 13.3. The summed E-state index contributed by atoms with van der Waals surface area (Å²) in [6, 6.07) is 1.79. The molecule has 9 atom stereocenters. The van der Waals surface area contributed by atoms with Gasteiger partial charge in [-0.25, -0.2) is 0 Å². The largest absolute Gasteiger partial charge is 0.392 e. The van der Waals surface area contributed by atoms with Gasteiger partial charge in [-0.3, -0.25) is 9.59 Å². The van der Waals surface area contributed by atoms with Crippen molar-refractivity contribution in [1.82, 2.24) is 14.8 Å². The molecule has 0 spiro atoms. The number of hydrogen-bond acceptors (Lipinski definition) is 6. The molecule has 3 N–H and O–H groups in total. The fraction of sp³-hybridized carbons (Fsp3) is 0.640. The third-order valence-electron chi connectivity index (χ3n) is 16.9. The Kier molecular flexibility index (Phi) is 9.23. The minimum Gasteiger partial charge on any atom is -0.392 e. The summed E-state index contributed by atoms with van der Waals surface area (Å²) < 4.78 is 8.94. The van der Waals surface area contributed by atoms with Crippen LogP contribution in [0.25, 0.3) is 16.5 Å². The second-order valence-electron chi connectivity index (χ2n) is 21.2. The monoisotopic (exact) mass is 790 g/mol. The van der Waals surface area contributed by atoms with E-state index in [4.69, 9.17) is 4.74 Å². The lowest BCUT2D eigenvalue weighted by Gasteiger charge is -2.64. The number of fused-ring (bicyclic) bond motifs is 11. The molecular weight excluding hydrogens is 723 g/mol. The van der Waals surface area contributed by atoms with Gasteiger partial charge in [-0.2, -0.15) is 0 Å². The minimum absolute atomic E-state index is 0.0394. The van der Waals surface area contributed by atoms with E-state index in [0.29, 0.717) is 30.0 Å². The predicted octanol–water partition coefficient (Wildman–Crippen LogP) is 8.70. The number of aromatic nitrogens is 1. The first kappa shape index (κ1) is 40.1. The molecule has 3 fully saturated rings. The first-order chi connectivity index (χ1) is 27.3. The number of ether oxygens (including phenoxy) is 1. The van der Waals surface area contributed by atoms with Crippen molar-refractivity contribution in [3.05, 3.63) is 76.0 Å². The van der Waals surface area contributed by atoms with Crippen LogP contribution in [-0.4, -0.2) is 74.9 Å². The molecule has 8 nitrogen and oxygen atoms in total. The maximum absolute atomic E-state index is 15.0. The molecule has 58 heavy (non-hydrogen) atoms. The fourth-order valence-electron chi connectivity index (χ4n) is 14.2. The molecule has 0 bridgehead atoms. The Morgan fingerprint density at radius 3 is 2.47 bits per heavy atom. The summed E-state index contributed by atoms with van der Waals surface area (Å²) in [4.78, 5) is 30.5. The van der Waals surface area contributed by atoms with Crippen LogP contribution in [0.1, 0.15) is 152 Å². The Morgan fingerprint density at radius 1 is 1.03 bits per heavy atom.